The third-order valence-corrected chi connectivity index (χ3v) is 5.23. The number of nitrogens with zero attached hydrogens (tertiary/aromatic N) is 2. The van der Waals surface area contributed by atoms with Gasteiger partial charge in [-0.15, -0.1) is 0 Å². The van der Waals surface area contributed by atoms with Gasteiger partial charge in [-0.2, -0.15) is 5.10 Å². The molecule has 0 amide bonds. The van der Waals surface area contributed by atoms with Crippen molar-refractivity contribution in [2.45, 2.75) is 26.2 Å². The summed E-state index contributed by atoms with van der Waals surface area (Å²) in [6.07, 6.45) is 2.67. The van der Waals surface area contributed by atoms with Gasteiger partial charge in [0.15, 0.2) is 14.5 Å². The highest BCUT2D eigenvalue weighted by molar-refractivity contribution is 6.73. The fourth-order valence-electron chi connectivity index (χ4n) is 2.08. The van der Waals surface area contributed by atoms with Gasteiger partial charge in [0.1, 0.15) is 0 Å². The van der Waals surface area contributed by atoms with Crippen LogP contribution in [0.5, 0.6) is 0 Å². The second-order valence-electron chi connectivity index (χ2n) is 6.21. The molecule has 0 unspecified atom stereocenters. The van der Waals surface area contributed by atoms with Gasteiger partial charge < -0.3 is 4.67 Å². The van der Waals surface area contributed by atoms with Crippen molar-refractivity contribution in [2.24, 2.45) is 5.10 Å². The van der Waals surface area contributed by atoms with Crippen LogP contribution in [0.3, 0.4) is 0 Å². The summed E-state index contributed by atoms with van der Waals surface area (Å²) < 4.78 is 2.17. The topological polar surface area (TPSA) is 32.7 Å². The molecular weight excluding hydrogens is 288 g/mol. The van der Waals surface area contributed by atoms with Crippen molar-refractivity contribution in [3.63, 3.8) is 0 Å². The lowest BCUT2D eigenvalue weighted by Crippen LogP contribution is -2.41. The lowest BCUT2D eigenvalue weighted by molar-refractivity contribution is 0.112. The molecule has 0 bridgehead atoms. The smallest absolute Gasteiger partial charge is 0.169 e. The molecule has 2 rings (SSSR count). The Morgan fingerprint density at radius 3 is 2.14 bits per heavy atom. The Labute approximate surface area is 133 Å². The van der Waals surface area contributed by atoms with Crippen molar-refractivity contribution in [1.82, 2.24) is 4.67 Å². The minimum absolute atomic E-state index is 0.668. The highest BCUT2D eigenvalue weighted by Crippen LogP contribution is 2.15. The number of benzene rings is 2. The third kappa shape index (κ3) is 4.40. The summed E-state index contributed by atoms with van der Waals surface area (Å²) in [5, 5.41) is 4.68. The molecule has 0 radical (unpaired) electrons. The van der Waals surface area contributed by atoms with Gasteiger partial charge in [-0.05, 0) is 5.56 Å². The molecule has 0 fully saturated rings. The van der Waals surface area contributed by atoms with E-state index in [2.05, 4.69) is 41.5 Å². The predicted octanol–water partition coefficient (Wildman–Crippen LogP) is 4.17. The van der Waals surface area contributed by atoms with Crippen LogP contribution in [0.25, 0.3) is 0 Å². The highest BCUT2D eigenvalue weighted by atomic mass is 28.3. The van der Waals surface area contributed by atoms with Crippen molar-refractivity contribution in [1.29, 1.82) is 0 Å². The third-order valence-electron chi connectivity index (χ3n) is 3.41. The van der Waals surface area contributed by atoms with E-state index in [-0.39, 0.29) is 0 Å². The number of rotatable bonds is 6. The summed E-state index contributed by atoms with van der Waals surface area (Å²) in [4.78, 5) is 11.1. The van der Waals surface area contributed by atoms with Crippen LogP contribution in [-0.4, -0.2) is 25.4 Å². The average Bonchev–Trinajstić information content (AvgIpc) is 2.51. The van der Waals surface area contributed by atoms with Crippen LogP contribution in [0.2, 0.25) is 19.6 Å². The molecule has 0 saturated carbocycles. The SMILES string of the molecule is C[Si](C)(C)N(Cc1ccccc1)N=Cc1ccccc1C=O. The van der Waals surface area contributed by atoms with Crippen LogP contribution in [0.4, 0.5) is 0 Å². The maximum atomic E-state index is 11.1. The minimum Gasteiger partial charge on any atom is -0.320 e. The van der Waals surface area contributed by atoms with Crippen molar-refractivity contribution >= 4 is 20.7 Å². The number of hydrogen-bond acceptors (Lipinski definition) is 3. The van der Waals surface area contributed by atoms with E-state index < -0.39 is 8.24 Å². The zero-order valence-corrected chi connectivity index (χ0v) is 14.4. The van der Waals surface area contributed by atoms with Crippen molar-refractivity contribution in [3.8, 4) is 0 Å². The maximum absolute atomic E-state index is 11.1. The standard InChI is InChI=1S/C18H22N2OSi/c1-22(2,3)20(14-16-9-5-4-6-10-16)19-13-17-11-7-8-12-18(17)15-21/h4-13,15H,14H2,1-3H3. The Kier molecular flexibility index (Phi) is 5.28. The summed E-state index contributed by atoms with van der Waals surface area (Å²) >= 11 is 0. The molecule has 4 heteroatoms. The first-order valence-corrected chi connectivity index (χ1v) is 10.8. The molecule has 0 heterocycles. The summed E-state index contributed by atoms with van der Waals surface area (Å²) in [6, 6.07) is 17.8. The van der Waals surface area contributed by atoms with Crippen LogP contribution in [0, 0.1) is 0 Å². The zero-order valence-electron chi connectivity index (χ0n) is 13.4. The normalized spacial score (nSPS) is 11.6. The highest BCUT2D eigenvalue weighted by Gasteiger charge is 2.22. The second-order valence-corrected chi connectivity index (χ2v) is 11.1. The van der Waals surface area contributed by atoms with Crippen LogP contribution in [-0.2, 0) is 6.54 Å². The fraction of sp³-hybridized carbons (Fsp3) is 0.222. The van der Waals surface area contributed by atoms with Gasteiger partial charge in [0.25, 0.3) is 0 Å². The molecule has 3 nitrogen and oxygen atoms in total. The maximum Gasteiger partial charge on any atom is 0.169 e. The molecular formula is C18H22N2OSi. The van der Waals surface area contributed by atoms with Gasteiger partial charge in [0.05, 0.1) is 12.8 Å². The second kappa shape index (κ2) is 7.18. The van der Waals surface area contributed by atoms with E-state index in [4.69, 9.17) is 0 Å². The van der Waals surface area contributed by atoms with E-state index in [9.17, 15) is 4.79 Å². The first-order chi connectivity index (χ1) is 10.5. The molecule has 0 atom stereocenters. The lowest BCUT2D eigenvalue weighted by atomic mass is 10.1. The molecule has 0 aliphatic carbocycles. The van der Waals surface area contributed by atoms with Crippen LogP contribution in [0.1, 0.15) is 21.5 Å². The fourth-order valence-corrected chi connectivity index (χ4v) is 3.14. The summed E-state index contributed by atoms with van der Waals surface area (Å²) in [6.45, 7) is 7.58. The first kappa shape index (κ1) is 16.2. The van der Waals surface area contributed by atoms with Gasteiger partial charge in [-0.1, -0.05) is 74.2 Å². The quantitative estimate of drug-likeness (QED) is 0.347. The molecule has 114 valence electrons. The number of aldehydes is 1. The van der Waals surface area contributed by atoms with E-state index in [1.807, 2.05) is 42.5 Å². The van der Waals surface area contributed by atoms with Gasteiger partial charge >= 0.3 is 0 Å². The van der Waals surface area contributed by atoms with E-state index in [1.165, 1.54) is 5.56 Å². The first-order valence-electron chi connectivity index (χ1n) is 7.40. The van der Waals surface area contributed by atoms with Crippen molar-refractivity contribution in [3.05, 3.63) is 71.3 Å². The Balaban J connectivity index is 2.23. The van der Waals surface area contributed by atoms with Crippen LogP contribution >= 0.6 is 0 Å². The van der Waals surface area contributed by atoms with Gasteiger partial charge in [0.2, 0.25) is 0 Å². The van der Waals surface area contributed by atoms with Gasteiger partial charge in [-0.25, -0.2) is 0 Å². The largest absolute Gasteiger partial charge is 0.320 e. The molecule has 0 aromatic heterocycles. The van der Waals surface area contributed by atoms with Crippen molar-refractivity contribution < 1.29 is 4.79 Å². The monoisotopic (exact) mass is 310 g/mol. The Morgan fingerprint density at radius 1 is 0.955 bits per heavy atom. The number of carbonyl (C=O) groups is 1. The molecule has 2 aromatic rings. The zero-order chi connectivity index (χ0) is 16.0. The van der Waals surface area contributed by atoms with E-state index in [0.717, 1.165) is 18.4 Å². The molecule has 22 heavy (non-hydrogen) atoms. The lowest BCUT2D eigenvalue weighted by Gasteiger charge is -2.31. The van der Waals surface area contributed by atoms with Gasteiger partial charge in [-0.3, -0.25) is 4.79 Å². The number of hydrogen-bond donors (Lipinski definition) is 0. The van der Waals surface area contributed by atoms with E-state index in [1.54, 1.807) is 6.21 Å². The summed E-state index contributed by atoms with van der Waals surface area (Å²) in [7, 11) is -1.60. The molecule has 0 N–H and O–H groups in total. The molecule has 2 aromatic carbocycles. The average molecular weight is 310 g/mol. The number of hydrazone groups is 1. The molecule has 0 saturated heterocycles. The Morgan fingerprint density at radius 2 is 1.55 bits per heavy atom. The molecule has 0 aliphatic heterocycles. The van der Waals surface area contributed by atoms with E-state index in [0.29, 0.717) is 5.56 Å². The molecule has 0 aliphatic rings. The van der Waals surface area contributed by atoms with Crippen LogP contribution in [0.15, 0.2) is 59.7 Å². The minimum atomic E-state index is -1.60. The Hall–Kier alpha value is -2.20. The predicted molar refractivity (Wildman–Crippen MR) is 94.8 cm³/mol. The van der Waals surface area contributed by atoms with Crippen LogP contribution < -0.4 is 0 Å². The number of carbonyl (C=O) groups excluding carboxylic acids is 1. The van der Waals surface area contributed by atoms with Crippen molar-refractivity contribution in [2.75, 3.05) is 0 Å². The summed E-state index contributed by atoms with van der Waals surface area (Å²) in [5.74, 6) is 0. The van der Waals surface area contributed by atoms with E-state index >= 15 is 0 Å². The Bertz CT molecular complexity index is 648. The molecule has 0 spiro atoms. The summed E-state index contributed by atoms with van der Waals surface area (Å²) in [5.41, 5.74) is 2.76. The van der Waals surface area contributed by atoms with Gasteiger partial charge in [0, 0.05) is 11.1 Å².